The van der Waals surface area contributed by atoms with Crippen LogP contribution in [0.25, 0.3) is 0 Å². The molecule has 4 heteroatoms. The Morgan fingerprint density at radius 2 is 2.33 bits per heavy atom. The van der Waals surface area contributed by atoms with Crippen LogP contribution in [0.3, 0.4) is 0 Å². The minimum absolute atomic E-state index is 0.221. The lowest BCUT2D eigenvalue weighted by molar-refractivity contribution is 0.00500. The number of hydrogen-bond acceptors (Lipinski definition) is 3. The first-order valence-corrected chi connectivity index (χ1v) is 5.72. The Hall–Kier alpha value is -0.580. The van der Waals surface area contributed by atoms with Crippen molar-refractivity contribution in [2.75, 3.05) is 13.2 Å². The van der Waals surface area contributed by atoms with Crippen LogP contribution in [0.15, 0.2) is 16.6 Å². The van der Waals surface area contributed by atoms with Crippen LogP contribution in [0.2, 0.25) is 0 Å². The maximum Gasteiger partial charge on any atom is 0.128 e. The molecule has 0 radical (unpaired) electrons. The smallest absolute Gasteiger partial charge is 0.128 e. The molecule has 1 aromatic carbocycles. The van der Waals surface area contributed by atoms with E-state index < -0.39 is 5.60 Å². The van der Waals surface area contributed by atoms with Gasteiger partial charge in [-0.1, -0.05) is 15.9 Å². The van der Waals surface area contributed by atoms with E-state index in [1.165, 1.54) is 0 Å². The second-order valence-electron chi connectivity index (χ2n) is 3.93. The Morgan fingerprint density at radius 3 is 3.00 bits per heavy atom. The number of aryl methyl sites for hydroxylation is 1. The third kappa shape index (κ3) is 1.77. The lowest BCUT2D eigenvalue weighted by Gasteiger charge is -2.34. The summed E-state index contributed by atoms with van der Waals surface area (Å²) in [6.07, 6.45) is 0.548. The van der Waals surface area contributed by atoms with Crippen LogP contribution in [0.4, 0.5) is 0 Å². The predicted octanol–water partition coefficient (Wildman–Crippen LogP) is 1.69. The second kappa shape index (κ2) is 3.77. The fraction of sp³-hybridized carbons (Fsp3) is 0.455. The van der Waals surface area contributed by atoms with Crippen molar-refractivity contribution in [1.29, 1.82) is 0 Å². The first kappa shape index (κ1) is 10.9. The topological polar surface area (TPSA) is 55.5 Å². The van der Waals surface area contributed by atoms with E-state index in [2.05, 4.69) is 15.9 Å². The highest BCUT2D eigenvalue weighted by Crippen LogP contribution is 2.40. The van der Waals surface area contributed by atoms with E-state index in [-0.39, 0.29) is 6.54 Å². The van der Waals surface area contributed by atoms with E-state index in [4.69, 9.17) is 10.5 Å². The number of halogens is 1. The summed E-state index contributed by atoms with van der Waals surface area (Å²) in [5, 5.41) is 10.4. The summed E-state index contributed by atoms with van der Waals surface area (Å²) in [6.45, 7) is 2.70. The first-order chi connectivity index (χ1) is 7.07. The van der Waals surface area contributed by atoms with Crippen molar-refractivity contribution < 1.29 is 9.84 Å². The zero-order valence-corrected chi connectivity index (χ0v) is 10.2. The van der Waals surface area contributed by atoms with Crippen LogP contribution in [-0.4, -0.2) is 18.3 Å². The molecule has 0 aliphatic carbocycles. The van der Waals surface area contributed by atoms with Crippen LogP contribution >= 0.6 is 15.9 Å². The molecule has 1 aromatic rings. The molecular formula is C11H14BrNO2. The van der Waals surface area contributed by atoms with Gasteiger partial charge in [0.1, 0.15) is 11.4 Å². The maximum atomic E-state index is 10.4. The second-order valence-corrected chi connectivity index (χ2v) is 4.85. The minimum Gasteiger partial charge on any atom is -0.493 e. The fourth-order valence-electron chi connectivity index (χ4n) is 1.94. The molecule has 0 spiro atoms. The molecule has 82 valence electrons. The number of fused-ring (bicyclic) bond motifs is 1. The summed E-state index contributed by atoms with van der Waals surface area (Å²) in [5.74, 6) is 0.775. The molecule has 15 heavy (non-hydrogen) atoms. The fourth-order valence-corrected chi connectivity index (χ4v) is 2.51. The molecule has 2 rings (SSSR count). The van der Waals surface area contributed by atoms with Gasteiger partial charge >= 0.3 is 0 Å². The molecule has 1 aliphatic rings. The zero-order chi connectivity index (χ0) is 11.1. The molecule has 1 unspecified atom stereocenters. The normalized spacial score (nSPS) is 24.5. The number of hydrogen-bond donors (Lipinski definition) is 2. The van der Waals surface area contributed by atoms with Crippen molar-refractivity contribution in [1.82, 2.24) is 0 Å². The summed E-state index contributed by atoms with van der Waals surface area (Å²) in [6, 6.07) is 3.86. The molecule has 1 heterocycles. The molecule has 0 aromatic heterocycles. The number of benzene rings is 1. The van der Waals surface area contributed by atoms with Crippen LogP contribution in [-0.2, 0) is 5.60 Å². The van der Waals surface area contributed by atoms with Gasteiger partial charge in [0.15, 0.2) is 0 Å². The summed E-state index contributed by atoms with van der Waals surface area (Å²) >= 11 is 3.41. The molecule has 1 atom stereocenters. The van der Waals surface area contributed by atoms with Crippen molar-refractivity contribution in [3.8, 4) is 5.75 Å². The Bertz CT molecular complexity index is 394. The average molecular weight is 272 g/mol. The maximum absolute atomic E-state index is 10.4. The van der Waals surface area contributed by atoms with E-state index in [9.17, 15) is 5.11 Å². The van der Waals surface area contributed by atoms with Gasteiger partial charge in [0.25, 0.3) is 0 Å². The Labute approximate surface area is 97.4 Å². The van der Waals surface area contributed by atoms with Crippen molar-refractivity contribution >= 4 is 15.9 Å². The van der Waals surface area contributed by atoms with Crippen molar-refractivity contribution in [2.45, 2.75) is 18.9 Å². The Morgan fingerprint density at radius 1 is 1.60 bits per heavy atom. The zero-order valence-electron chi connectivity index (χ0n) is 8.59. The van der Waals surface area contributed by atoms with Crippen molar-refractivity contribution in [3.05, 3.63) is 27.7 Å². The van der Waals surface area contributed by atoms with Crippen LogP contribution in [0, 0.1) is 6.92 Å². The number of nitrogens with two attached hydrogens (primary N) is 1. The largest absolute Gasteiger partial charge is 0.493 e. The quantitative estimate of drug-likeness (QED) is 0.818. The first-order valence-electron chi connectivity index (χ1n) is 4.93. The van der Waals surface area contributed by atoms with Gasteiger partial charge in [-0.3, -0.25) is 0 Å². The number of rotatable bonds is 1. The van der Waals surface area contributed by atoms with Crippen LogP contribution < -0.4 is 10.5 Å². The lowest BCUT2D eigenvalue weighted by atomic mass is 9.87. The van der Waals surface area contributed by atoms with Crippen molar-refractivity contribution in [3.63, 3.8) is 0 Å². The molecule has 3 nitrogen and oxygen atoms in total. The SMILES string of the molecule is Cc1cc(Br)cc2c1OCCC2(O)CN. The van der Waals surface area contributed by atoms with Gasteiger partial charge in [0, 0.05) is 23.0 Å². The summed E-state index contributed by atoms with van der Waals surface area (Å²) < 4.78 is 6.51. The number of ether oxygens (including phenoxy) is 1. The monoisotopic (exact) mass is 271 g/mol. The molecule has 0 bridgehead atoms. The molecule has 0 saturated heterocycles. The predicted molar refractivity (Wildman–Crippen MR) is 61.9 cm³/mol. The highest BCUT2D eigenvalue weighted by Gasteiger charge is 2.35. The van der Waals surface area contributed by atoms with Crippen LogP contribution in [0.5, 0.6) is 5.75 Å². The summed E-state index contributed by atoms with van der Waals surface area (Å²) in [7, 11) is 0. The van der Waals surface area contributed by atoms with Gasteiger partial charge in [-0.15, -0.1) is 0 Å². The van der Waals surface area contributed by atoms with Gasteiger partial charge in [0.05, 0.1) is 6.61 Å². The molecule has 0 fully saturated rings. The third-order valence-corrected chi connectivity index (χ3v) is 3.30. The van der Waals surface area contributed by atoms with Gasteiger partial charge in [0.2, 0.25) is 0 Å². The third-order valence-electron chi connectivity index (χ3n) is 2.84. The minimum atomic E-state index is -0.942. The molecule has 3 N–H and O–H groups in total. The molecule has 0 amide bonds. The van der Waals surface area contributed by atoms with E-state index in [1.54, 1.807) is 0 Å². The molecular weight excluding hydrogens is 258 g/mol. The van der Waals surface area contributed by atoms with E-state index >= 15 is 0 Å². The Kier molecular flexibility index (Phi) is 2.75. The standard InChI is InChI=1S/C11H14BrNO2/c1-7-4-8(12)5-9-10(7)15-3-2-11(9,14)6-13/h4-5,14H,2-3,6,13H2,1H3. The highest BCUT2D eigenvalue weighted by atomic mass is 79.9. The number of aliphatic hydroxyl groups is 1. The van der Waals surface area contributed by atoms with Crippen LogP contribution in [0.1, 0.15) is 17.5 Å². The van der Waals surface area contributed by atoms with E-state index in [0.717, 1.165) is 21.3 Å². The van der Waals surface area contributed by atoms with E-state index in [1.807, 2.05) is 19.1 Å². The van der Waals surface area contributed by atoms with E-state index in [0.29, 0.717) is 13.0 Å². The summed E-state index contributed by atoms with van der Waals surface area (Å²) in [5.41, 5.74) is 6.50. The molecule has 0 saturated carbocycles. The summed E-state index contributed by atoms with van der Waals surface area (Å²) in [4.78, 5) is 0. The highest BCUT2D eigenvalue weighted by molar-refractivity contribution is 9.10. The van der Waals surface area contributed by atoms with Gasteiger partial charge in [-0.2, -0.15) is 0 Å². The Balaban J connectivity index is 2.60. The van der Waals surface area contributed by atoms with Gasteiger partial charge in [-0.25, -0.2) is 0 Å². The van der Waals surface area contributed by atoms with Gasteiger partial charge in [-0.05, 0) is 24.6 Å². The molecule has 1 aliphatic heterocycles. The van der Waals surface area contributed by atoms with Gasteiger partial charge < -0.3 is 15.6 Å². The van der Waals surface area contributed by atoms with Crippen molar-refractivity contribution in [2.24, 2.45) is 5.73 Å². The average Bonchev–Trinajstić information content (AvgIpc) is 2.20. The lowest BCUT2D eigenvalue weighted by Crippen LogP contribution is -2.39.